The Labute approximate surface area is 443 Å². The molecule has 2 fully saturated rings. The number of carbonyl (C=O) groups excluding carboxylic acids is 3. The van der Waals surface area contributed by atoms with Crippen LogP contribution in [0.4, 0.5) is 0 Å². The van der Waals surface area contributed by atoms with Crippen LogP contribution < -0.4 is 20.9 Å². The molecule has 20 nitrogen and oxygen atoms in total. The molecule has 6 N–H and O–H groups in total. The van der Waals surface area contributed by atoms with Crippen LogP contribution in [-0.4, -0.2) is 158 Å². The Morgan fingerprint density at radius 1 is 0.915 bits per heavy atom. The Balaban J connectivity index is 0.00000108. The summed E-state index contributed by atoms with van der Waals surface area (Å²) in [6.07, 6.45) is 7.60. The number of carbonyl (C=O) groups is 3. The van der Waals surface area contributed by atoms with Crippen molar-refractivity contribution in [2.45, 2.75) is 116 Å². The molecule has 0 bridgehead atoms. The number of nitrogens with two attached hydrogens (primary N) is 2. The Kier molecular flexibility index (Phi) is 31.4. The minimum absolute atomic E-state index is 0. The van der Waals surface area contributed by atoms with Gasteiger partial charge < -0.3 is 49.4 Å². The van der Waals surface area contributed by atoms with Crippen molar-refractivity contribution in [3.63, 3.8) is 0 Å². The second-order valence-electron chi connectivity index (χ2n) is 17.3. The first-order chi connectivity index (χ1) is 32.4. The first-order valence-corrected chi connectivity index (χ1v) is 25.8. The van der Waals surface area contributed by atoms with Crippen molar-refractivity contribution in [2.75, 3.05) is 53.6 Å². The summed E-state index contributed by atoms with van der Waals surface area (Å²) in [5.74, 6) is -0.928. The molecule has 2 aromatic rings. The third-order valence-electron chi connectivity index (χ3n) is 10.7. The van der Waals surface area contributed by atoms with E-state index in [1.165, 1.54) is 14.2 Å². The molecular weight excluding hydrogens is 1000 g/mol. The van der Waals surface area contributed by atoms with Crippen LogP contribution in [0.25, 0.3) is 0 Å². The zero-order valence-electron chi connectivity index (χ0n) is 42.4. The number of para-hydroxylation sites is 2. The van der Waals surface area contributed by atoms with E-state index in [2.05, 4.69) is 44.7 Å². The third kappa shape index (κ3) is 24.2. The van der Waals surface area contributed by atoms with Crippen molar-refractivity contribution < 1.29 is 70.6 Å². The van der Waals surface area contributed by atoms with Gasteiger partial charge in [0.15, 0.2) is 18.1 Å². The van der Waals surface area contributed by atoms with E-state index >= 15 is 0 Å². The van der Waals surface area contributed by atoms with Crippen molar-refractivity contribution in [1.82, 2.24) is 4.90 Å². The summed E-state index contributed by atoms with van der Waals surface area (Å²) in [7, 11) is -0.679. The molecule has 1 saturated carbocycles. The Hall–Kier alpha value is -3.17. The average molecular weight is 1080 g/mol. The molecule has 3 heterocycles. The van der Waals surface area contributed by atoms with Crippen molar-refractivity contribution in [1.29, 1.82) is 0 Å². The van der Waals surface area contributed by atoms with E-state index in [9.17, 15) is 18.6 Å². The quantitative estimate of drug-likeness (QED) is 0.0363. The number of halogens is 2. The molecule has 0 radical (unpaired) electrons. The molecule has 0 spiro atoms. The number of aliphatic imine (C=N–C) groups is 2. The predicted octanol–water partition coefficient (Wildman–Crippen LogP) is 5.57. The summed E-state index contributed by atoms with van der Waals surface area (Å²) in [5, 5.41) is 7.38. The van der Waals surface area contributed by atoms with E-state index in [0.717, 1.165) is 67.6 Å². The molecule has 4 aliphatic rings. The number of benzene rings is 2. The number of ether oxygens (including phenoxy) is 8. The predicted molar refractivity (Wildman–Crippen MR) is 276 cm³/mol. The maximum atomic E-state index is 12.4. The van der Waals surface area contributed by atoms with Crippen LogP contribution in [0.1, 0.15) is 94.8 Å². The van der Waals surface area contributed by atoms with Crippen LogP contribution in [0.3, 0.4) is 0 Å². The standard InChI is InChI=1S/C26H36N2O6.C11H12O3.C6H13N.C4H10N2O2.2ClH.Mg.H2O4S/c1-25(2)31-15-19-10-6-8-17(22(19)33-25)12-27-14-21(24(29)30-5)28-13-18-9-7-11-20-16-32-26(3,4)34-23(18)20;1-11(2)13-7-9-5-3-4-8(6-12)10(9)14-11;1-4-7(5-2)6-3;1-8-4(7)3(6)2-5;;;;1-4-5(2)3/h6,8,10,12-13,18,20-21,23H,7,9,11,14-16H2,1-5H3;3-6H,7H2,1-2H3;1-2,4-6H2,3H3;3H,2,5-6H2,1H3;2*1H;;1H,(H,2,3)/q;;+2;;;;;. The van der Waals surface area contributed by atoms with Crippen LogP contribution in [-0.2, 0) is 62.9 Å². The van der Waals surface area contributed by atoms with Gasteiger partial charge in [-0.1, -0.05) is 37.6 Å². The molecule has 398 valence electrons. The van der Waals surface area contributed by atoms with Gasteiger partial charge in [0.1, 0.15) is 30.6 Å². The second kappa shape index (κ2) is 32.9. The van der Waals surface area contributed by atoms with Gasteiger partial charge >= 0.3 is 57.4 Å². The number of nitrogens with zero attached hydrogens (tertiary/aromatic N) is 3. The first kappa shape index (κ1) is 67.8. The summed E-state index contributed by atoms with van der Waals surface area (Å²) < 4.78 is 64.7. The molecule has 0 amide bonds. The fourth-order valence-corrected chi connectivity index (χ4v) is 6.88. The molecular formula is C47H75Cl2MgN5O15S+2. The van der Waals surface area contributed by atoms with Gasteiger partial charge in [-0.15, -0.1) is 24.8 Å². The van der Waals surface area contributed by atoms with E-state index < -0.39 is 48.7 Å². The van der Waals surface area contributed by atoms with Gasteiger partial charge in [0.25, 0.3) is 0 Å². The van der Waals surface area contributed by atoms with Gasteiger partial charge in [-0.3, -0.25) is 19.6 Å². The van der Waals surface area contributed by atoms with Gasteiger partial charge in [0.2, 0.25) is 11.6 Å². The molecule has 3 aliphatic heterocycles. The van der Waals surface area contributed by atoms with E-state index in [1.807, 2.05) is 78.1 Å². The monoisotopic (exact) mass is 1080 g/mol. The average Bonchev–Trinajstić information content (AvgIpc) is 3.32. The molecule has 6 rings (SSSR count). The van der Waals surface area contributed by atoms with Gasteiger partial charge in [-0.25, -0.2) is 9.69 Å². The summed E-state index contributed by atoms with van der Waals surface area (Å²) in [6.45, 7) is 25.6. The molecule has 0 aromatic heterocycles. The van der Waals surface area contributed by atoms with Crippen molar-refractivity contribution in [3.05, 3.63) is 72.5 Å². The normalized spacial score (nSPS) is 21.4. The van der Waals surface area contributed by atoms with Crippen LogP contribution in [0.2, 0.25) is 0 Å². The van der Waals surface area contributed by atoms with E-state index in [0.29, 0.717) is 56.9 Å². The van der Waals surface area contributed by atoms with Crippen LogP contribution in [0.15, 0.2) is 46.4 Å². The molecule has 6 atom stereocenters. The van der Waals surface area contributed by atoms with Gasteiger partial charge in [-0.2, -0.15) is 0 Å². The zero-order chi connectivity index (χ0) is 52.0. The van der Waals surface area contributed by atoms with E-state index in [4.69, 9.17) is 54.4 Å². The number of rotatable bonds is 13. The Morgan fingerprint density at radius 3 is 1.87 bits per heavy atom. The summed E-state index contributed by atoms with van der Waals surface area (Å²) in [5.41, 5.74) is 13.5. The number of methoxy groups -OCH3 is 2. The molecule has 6 unspecified atom stereocenters. The topological polar surface area (TPSA) is 272 Å². The maximum Gasteiger partial charge on any atom is 0.142 e. The molecule has 71 heavy (non-hydrogen) atoms. The molecule has 1 saturated heterocycles. The zero-order valence-corrected chi connectivity index (χ0v) is 46.3. The maximum absolute atomic E-state index is 12.4. The van der Waals surface area contributed by atoms with Gasteiger partial charge in [-0.05, 0) is 38.8 Å². The van der Waals surface area contributed by atoms with E-state index in [1.54, 1.807) is 12.3 Å². The summed E-state index contributed by atoms with van der Waals surface area (Å²) in [6, 6.07) is 9.94. The largest absolute Gasteiger partial charge is 0.227 e. The number of hydrogen-bond acceptors (Lipinski definition) is 19. The third-order valence-corrected chi connectivity index (χ3v) is 11.2. The van der Waals surface area contributed by atoms with Crippen LogP contribution in [0.5, 0.6) is 11.5 Å². The van der Waals surface area contributed by atoms with E-state index in [-0.39, 0.29) is 49.9 Å². The number of aldehydes is 1. The first-order valence-electron chi connectivity index (χ1n) is 22.5. The van der Waals surface area contributed by atoms with Gasteiger partial charge in [0.05, 0.1) is 66.1 Å². The number of hydrogen-bond donors (Lipinski definition) is 4. The minimum atomic E-state index is -3.33. The molecule has 1 aliphatic carbocycles. The fraction of sp³-hybridized carbons (Fsp3) is 0.596. The summed E-state index contributed by atoms with van der Waals surface area (Å²) in [4.78, 5) is 44.8. The van der Waals surface area contributed by atoms with Crippen molar-refractivity contribution in [2.24, 2.45) is 33.3 Å². The number of esters is 2. The Morgan fingerprint density at radius 2 is 1.44 bits per heavy atom. The van der Waals surface area contributed by atoms with Crippen LogP contribution in [0, 0.1) is 25.7 Å². The molecule has 24 heteroatoms. The fourth-order valence-electron chi connectivity index (χ4n) is 6.88. The van der Waals surface area contributed by atoms with Crippen LogP contribution >= 0.6 is 24.8 Å². The van der Waals surface area contributed by atoms with Gasteiger partial charge in [0, 0.05) is 81.7 Å². The minimum Gasteiger partial charge on any atom is -0.227 e. The Bertz CT molecular complexity index is 2090. The van der Waals surface area contributed by atoms with Crippen molar-refractivity contribution in [3.8, 4) is 11.5 Å². The van der Waals surface area contributed by atoms with Crippen molar-refractivity contribution >= 4 is 82.6 Å². The summed E-state index contributed by atoms with van der Waals surface area (Å²) >= 11 is 0.671. The second-order valence-corrected chi connectivity index (χ2v) is 20.8. The molecule has 2 aromatic carbocycles. The number of fused-ring (bicyclic) bond motifs is 3. The SMILES string of the molecule is CC1(C)OCc2cccc(C=O)c2O1.COC(=O)C(CN=Cc1cccc2c1OC(C)(C)OC2)N=CC1CCCC2COC(C)(C)OC12.COC(=O)C(N)CN.Cl.Cl.O=[S](O)(=[Mg])OO.[CH2+]CN(C[CH2+])CC. The smallest absolute Gasteiger partial charge is 0.142 e.